The number of nitrogens with zero attached hydrogens (tertiary/aromatic N) is 3. The predicted octanol–water partition coefficient (Wildman–Crippen LogP) is 3.17. The van der Waals surface area contributed by atoms with E-state index in [9.17, 15) is 25.0 Å². The van der Waals surface area contributed by atoms with Crippen LogP contribution in [0.15, 0.2) is 18.2 Å². The number of nitro groups is 2. The first-order valence-corrected chi connectivity index (χ1v) is 8.37. The first kappa shape index (κ1) is 19.8. The van der Waals surface area contributed by atoms with Gasteiger partial charge >= 0.3 is 5.97 Å². The Morgan fingerprint density at radius 2 is 1.85 bits per heavy atom. The van der Waals surface area contributed by atoms with E-state index in [1.165, 1.54) is 0 Å². The van der Waals surface area contributed by atoms with Gasteiger partial charge in [-0.05, 0) is 46.9 Å². The van der Waals surface area contributed by atoms with Crippen LogP contribution in [-0.2, 0) is 4.74 Å². The molecule has 1 fully saturated rings. The van der Waals surface area contributed by atoms with Crippen LogP contribution in [0.3, 0.4) is 0 Å². The van der Waals surface area contributed by atoms with Crippen molar-refractivity contribution in [3.8, 4) is 0 Å². The quantitative estimate of drug-likeness (QED) is 0.432. The molecule has 2 rings (SSSR count). The lowest BCUT2D eigenvalue weighted by atomic mass is 9.85. The molecule has 0 radical (unpaired) electrons. The summed E-state index contributed by atoms with van der Waals surface area (Å²) in [6.45, 7) is 3.60. The van der Waals surface area contributed by atoms with Gasteiger partial charge in [-0.1, -0.05) is 6.42 Å². The number of nitro benzene ring substituents is 2. The summed E-state index contributed by atoms with van der Waals surface area (Å²) in [6, 6.07) is 3.17. The molecule has 1 aromatic rings. The second-order valence-electron chi connectivity index (χ2n) is 7.28. The Bertz CT molecular complexity index is 731. The monoisotopic (exact) mass is 365 g/mol. The van der Waals surface area contributed by atoms with E-state index in [-0.39, 0.29) is 17.5 Å². The van der Waals surface area contributed by atoms with E-state index in [0.717, 1.165) is 37.5 Å². The molecular formula is C17H23N3O6. The summed E-state index contributed by atoms with van der Waals surface area (Å²) in [7, 11) is 3.95. The molecule has 0 bridgehead atoms. The van der Waals surface area contributed by atoms with Crippen molar-refractivity contribution in [1.29, 1.82) is 0 Å². The average molecular weight is 365 g/mol. The first-order chi connectivity index (χ1) is 12.0. The predicted molar refractivity (Wildman–Crippen MR) is 94.1 cm³/mol. The highest BCUT2D eigenvalue weighted by molar-refractivity contribution is 5.94. The number of non-ortho nitro benzene ring substituents is 1. The second-order valence-corrected chi connectivity index (χ2v) is 7.28. The van der Waals surface area contributed by atoms with Gasteiger partial charge in [-0.25, -0.2) is 4.79 Å². The van der Waals surface area contributed by atoms with E-state index in [2.05, 4.69) is 4.90 Å². The highest BCUT2D eigenvalue weighted by Gasteiger charge is 2.43. The van der Waals surface area contributed by atoms with Crippen molar-refractivity contribution < 1.29 is 19.4 Å². The van der Waals surface area contributed by atoms with Crippen LogP contribution in [0.25, 0.3) is 0 Å². The molecule has 0 amide bonds. The van der Waals surface area contributed by atoms with Crippen LogP contribution in [0.4, 0.5) is 11.4 Å². The summed E-state index contributed by atoms with van der Waals surface area (Å²) in [4.78, 5) is 35.2. The fraction of sp³-hybridized carbons (Fsp3) is 0.588. The van der Waals surface area contributed by atoms with Crippen LogP contribution in [0.5, 0.6) is 0 Å². The van der Waals surface area contributed by atoms with Crippen LogP contribution >= 0.6 is 0 Å². The summed E-state index contributed by atoms with van der Waals surface area (Å²) < 4.78 is 5.64. The van der Waals surface area contributed by atoms with E-state index >= 15 is 0 Å². The minimum Gasteiger partial charge on any atom is -0.456 e. The fourth-order valence-corrected chi connectivity index (χ4v) is 3.70. The van der Waals surface area contributed by atoms with Gasteiger partial charge in [0.2, 0.25) is 0 Å². The maximum atomic E-state index is 12.6. The van der Waals surface area contributed by atoms with Crippen LogP contribution in [-0.4, -0.2) is 46.5 Å². The number of hydrogen-bond acceptors (Lipinski definition) is 7. The molecule has 0 N–H and O–H groups in total. The number of hydrogen-bond donors (Lipinski definition) is 0. The average Bonchev–Trinajstić information content (AvgIpc) is 3.04. The maximum Gasteiger partial charge on any atom is 0.345 e. The number of benzene rings is 1. The lowest BCUT2D eigenvalue weighted by Crippen LogP contribution is -2.45. The molecule has 1 aliphatic carbocycles. The summed E-state index contributed by atoms with van der Waals surface area (Å²) in [5, 5.41) is 22.1. The smallest absolute Gasteiger partial charge is 0.345 e. The fourth-order valence-electron chi connectivity index (χ4n) is 3.70. The van der Waals surface area contributed by atoms with Gasteiger partial charge in [0.15, 0.2) is 0 Å². The molecule has 0 aromatic heterocycles. The molecule has 1 aliphatic rings. The SMILES string of the molecule is CN(C)C1CCCC1C(C)(C)OC(=O)c1ccc([N+](=O)[O-])cc1[N+](=O)[O-]. The zero-order valence-corrected chi connectivity index (χ0v) is 15.3. The third-order valence-corrected chi connectivity index (χ3v) is 5.00. The summed E-state index contributed by atoms with van der Waals surface area (Å²) >= 11 is 0. The molecule has 2 unspecified atom stereocenters. The highest BCUT2D eigenvalue weighted by Crippen LogP contribution is 2.39. The van der Waals surface area contributed by atoms with Crippen molar-refractivity contribution in [1.82, 2.24) is 4.90 Å². The van der Waals surface area contributed by atoms with Crippen LogP contribution in [0, 0.1) is 26.1 Å². The number of carbonyl (C=O) groups excluding carboxylic acids is 1. The van der Waals surface area contributed by atoms with Gasteiger partial charge < -0.3 is 9.64 Å². The molecule has 9 heteroatoms. The third-order valence-electron chi connectivity index (χ3n) is 5.00. The lowest BCUT2D eigenvalue weighted by molar-refractivity contribution is -0.394. The van der Waals surface area contributed by atoms with Crippen molar-refractivity contribution in [2.75, 3.05) is 14.1 Å². The minimum atomic E-state index is -0.846. The Morgan fingerprint density at radius 1 is 1.19 bits per heavy atom. The van der Waals surface area contributed by atoms with Gasteiger partial charge in [0, 0.05) is 18.0 Å². The second kappa shape index (κ2) is 7.36. The number of esters is 1. The Hall–Kier alpha value is -2.55. The Balaban J connectivity index is 2.29. The van der Waals surface area contributed by atoms with Crippen molar-refractivity contribution >= 4 is 17.3 Å². The van der Waals surface area contributed by atoms with Gasteiger partial charge in [-0.2, -0.15) is 0 Å². The van der Waals surface area contributed by atoms with Crippen molar-refractivity contribution in [3.05, 3.63) is 44.0 Å². The van der Waals surface area contributed by atoms with Crippen LogP contribution < -0.4 is 0 Å². The van der Waals surface area contributed by atoms with E-state index in [0.29, 0.717) is 0 Å². The molecule has 142 valence electrons. The van der Waals surface area contributed by atoms with E-state index in [4.69, 9.17) is 4.74 Å². The molecule has 0 heterocycles. The first-order valence-electron chi connectivity index (χ1n) is 8.37. The van der Waals surface area contributed by atoms with Crippen molar-refractivity contribution in [3.63, 3.8) is 0 Å². The van der Waals surface area contributed by atoms with Gasteiger partial charge in [-0.15, -0.1) is 0 Å². The van der Waals surface area contributed by atoms with Crippen LogP contribution in [0.2, 0.25) is 0 Å². The summed E-state index contributed by atoms with van der Waals surface area (Å²) in [5.41, 5.74) is -2.18. The van der Waals surface area contributed by atoms with Gasteiger partial charge in [0.05, 0.1) is 15.9 Å². The Labute approximate surface area is 151 Å². The molecule has 2 atom stereocenters. The van der Waals surface area contributed by atoms with E-state index < -0.39 is 32.8 Å². The number of ether oxygens (including phenoxy) is 1. The van der Waals surface area contributed by atoms with Crippen molar-refractivity contribution in [2.24, 2.45) is 5.92 Å². The standard InChI is InChI=1S/C17H23N3O6/c1-17(2,13-6-5-7-14(13)18(3)4)26-16(21)12-9-8-11(19(22)23)10-15(12)20(24)25/h8-10,13-14H,5-7H2,1-4H3. The molecule has 1 aromatic carbocycles. The Morgan fingerprint density at radius 3 is 2.38 bits per heavy atom. The maximum absolute atomic E-state index is 12.6. The molecule has 0 saturated heterocycles. The van der Waals surface area contributed by atoms with E-state index in [1.807, 2.05) is 14.1 Å². The van der Waals surface area contributed by atoms with Crippen molar-refractivity contribution in [2.45, 2.75) is 44.8 Å². The number of rotatable bonds is 6. The van der Waals surface area contributed by atoms with Gasteiger partial charge in [0.1, 0.15) is 11.2 Å². The molecule has 9 nitrogen and oxygen atoms in total. The van der Waals surface area contributed by atoms with Gasteiger partial charge in [-0.3, -0.25) is 20.2 Å². The molecule has 0 aliphatic heterocycles. The topological polar surface area (TPSA) is 116 Å². The number of carbonyl (C=O) groups is 1. The zero-order chi connectivity index (χ0) is 19.6. The molecule has 1 saturated carbocycles. The normalized spacial score (nSPS) is 20.2. The zero-order valence-electron chi connectivity index (χ0n) is 15.3. The molecule has 0 spiro atoms. The van der Waals surface area contributed by atoms with Crippen LogP contribution in [0.1, 0.15) is 43.5 Å². The summed E-state index contributed by atoms with van der Waals surface area (Å²) in [6.07, 6.45) is 2.91. The highest BCUT2D eigenvalue weighted by atomic mass is 16.6. The lowest BCUT2D eigenvalue weighted by Gasteiger charge is -2.37. The molecular weight excluding hydrogens is 342 g/mol. The van der Waals surface area contributed by atoms with Gasteiger partial charge in [0.25, 0.3) is 11.4 Å². The Kier molecular flexibility index (Phi) is 5.60. The minimum absolute atomic E-state index is 0.0959. The van der Waals surface area contributed by atoms with E-state index in [1.54, 1.807) is 13.8 Å². The third kappa shape index (κ3) is 3.98. The summed E-state index contributed by atoms with van der Waals surface area (Å²) in [5.74, 6) is -0.750. The largest absolute Gasteiger partial charge is 0.456 e. The molecule has 26 heavy (non-hydrogen) atoms.